The van der Waals surface area contributed by atoms with Crippen LogP contribution in [0.1, 0.15) is 20.8 Å². The molecular formula is C12H23N3O. The lowest BCUT2D eigenvalue weighted by Gasteiger charge is -2.22. The Morgan fingerprint density at radius 3 is 2.44 bits per heavy atom. The van der Waals surface area contributed by atoms with Gasteiger partial charge < -0.3 is 15.5 Å². The highest BCUT2D eigenvalue weighted by atomic mass is 16.1. The Labute approximate surface area is 98.1 Å². The molecule has 0 aromatic rings. The molecule has 0 saturated carbocycles. The van der Waals surface area contributed by atoms with Crippen molar-refractivity contribution < 1.29 is 4.79 Å². The van der Waals surface area contributed by atoms with Crippen LogP contribution in [0.15, 0.2) is 11.1 Å². The fraction of sp³-hybridized carbons (Fsp3) is 0.750. The van der Waals surface area contributed by atoms with Gasteiger partial charge in [0.2, 0.25) is 5.91 Å². The lowest BCUT2D eigenvalue weighted by Crippen LogP contribution is -2.39. The SMILES string of the molecule is CCN(CC)CCNC(=O)C(C)=C1CNC1. The Kier molecular flexibility index (Phi) is 5.49. The Balaban J connectivity index is 2.25. The zero-order valence-electron chi connectivity index (χ0n) is 10.6. The van der Waals surface area contributed by atoms with Crippen LogP contribution in [0.3, 0.4) is 0 Å². The van der Waals surface area contributed by atoms with Crippen molar-refractivity contribution in [2.45, 2.75) is 20.8 Å². The van der Waals surface area contributed by atoms with Crippen molar-refractivity contribution in [2.24, 2.45) is 0 Å². The first-order chi connectivity index (χ1) is 7.69. The predicted octanol–water partition coefficient (Wildman–Crippen LogP) is 0.364. The Morgan fingerprint density at radius 2 is 2.00 bits per heavy atom. The molecule has 92 valence electrons. The number of nitrogens with one attached hydrogen (secondary N) is 2. The van der Waals surface area contributed by atoms with Crippen molar-refractivity contribution in [3.8, 4) is 0 Å². The summed E-state index contributed by atoms with van der Waals surface area (Å²) in [5.41, 5.74) is 2.12. The average Bonchev–Trinajstić information content (AvgIpc) is 2.21. The van der Waals surface area contributed by atoms with Gasteiger partial charge in [0.25, 0.3) is 0 Å². The molecule has 4 heteroatoms. The molecule has 0 bridgehead atoms. The Morgan fingerprint density at radius 1 is 1.38 bits per heavy atom. The molecule has 16 heavy (non-hydrogen) atoms. The van der Waals surface area contributed by atoms with Crippen molar-refractivity contribution in [1.82, 2.24) is 15.5 Å². The fourth-order valence-corrected chi connectivity index (χ4v) is 1.68. The van der Waals surface area contributed by atoms with Crippen LogP contribution in [0.5, 0.6) is 0 Å². The van der Waals surface area contributed by atoms with E-state index in [-0.39, 0.29) is 5.91 Å². The molecule has 0 spiro atoms. The van der Waals surface area contributed by atoms with Gasteiger partial charge in [0.1, 0.15) is 0 Å². The summed E-state index contributed by atoms with van der Waals surface area (Å²) in [5, 5.41) is 6.11. The Hall–Kier alpha value is -0.870. The van der Waals surface area contributed by atoms with Crippen molar-refractivity contribution in [3.63, 3.8) is 0 Å². The van der Waals surface area contributed by atoms with E-state index in [2.05, 4.69) is 29.4 Å². The third-order valence-electron chi connectivity index (χ3n) is 3.16. The van der Waals surface area contributed by atoms with E-state index in [1.165, 1.54) is 5.57 Å². The lowest BCUT2D eigenvalue weighted by atomic mass is 10.0. The van der Waals surface area contributed by atoms with Gasteiger partial charge in [0.15, 0.2) is 0 Å². The van der Waals surface area contributed by atoms with Crippen molar-refractivity contribution in [3.05, 3.63) is 11.1 Å². The topological polar surface area (TPSA) is 44.4 Å². The molecule has 0 aromatic carbocycles. The van der Waals surface area contributed by atoms with E-state index in [1.54, 1.807) is 0 Å². The van der Waals surface area contributed by atoms with Crippen LogP contribution in [-0.2, 0) is 4.79 Å². The zero-order valence-corrected chi connectivity index (χ0v) is 10.6. The molecule has 4 nitrogen and oxygen atoms in total. The number of amides is 1. The lowest BCUT2D eigenvalue weighted by molar-refractivity contribution is -0.117. The van der Waals surface area contributed by atoms with Gasteiger partial charge in [-0.25, -0.2) is 0 Å². The third kappa shape index (κ3) is 3.61. The van der Waals surface area contributed by atoms with Crippen LogP contribution < -0.4 is 10.6 Å². The number of hydrogen-bond donors (Lipinski definition) is 2. The highest BCUT2D eigenvalue weighted by molar-refractivity contribution is 5.93. The van der Waals surface area contributed by atoms with Crippen LogP contribution in [0.25, 0.3) is 0 Å². The van der Waals surface area contributed by atoms with E-state index in [4.69, 9.17) is 0 Å². The fourth-order valence-electron chi connectivity index (χ4n) is 1.68. The quantitative estimate of drug-likeness (QED) is 0.642. The van der Waals surface area contributed by atoms with Crippen LogP contribution in [0.2, 0.25) is 0 Å². The van der Waals surface area contributed by atoms with Crippen LogP contribution in [-0.4, -0.2) is 50.1 Å². The van der Waals surface area contributed by atoms with Gasteiger partial charge in [-0.2, -0.15) is 0 Å². The van der Waals surface area contributed by atoms with Gasteiger partial charge in [-0.05, 0) is 25.6 Å². The highest BCUT2D eigenvalue weighted by Gasteiger charge is 2.15. The molecule has 1 amide bonds. The van der Waals surface area contributed by atoms with E-state index < -0.39 is 0 Å². The van der Waals surface area contributed by atoms with E-state index >= 15 is 0 Å². The second-order valence-corrected chi connectivity index (χ2v) is 4.11. The van der Waals surface area contributed by atoms with Crippen molar-refractivity contribution in [1.29, 1.82) is 0 Å². The largest absolute Gasteiger partial charge is 0.351 e. The minimum Gasteiger partial charge on any atom is -0.351 e. The maximum Gasteiger partial charge on any atom is 0.247 e. The molecule has 1 fully saturated rings. The normalized spacial score (nSPS) is 14.9. The molecule has 1 heterocycles. The van der Waals surface area contributed by atoms with Crippen LogP contribution >= 0.6 is 0 Å². The number of hydrogen-bond acceptors (Lipinski definition) is 3. The second-order valence-electron chi connectivity index (χ2n) is 4.11. The van der Waals surface area contributed by atoms with E-state index in [0.717, 1.165) is 44.8 Å². The molecule has 0 unspecified atom stereocenters. The number of rotatable bonds is 6. The first kappa shape index (κ1) is 13.2. The molecular weight excluding hydrogens is 202 g/mol. The molecule has 0 radical (unpaired) electrons. The van der Waals surface area contributed by atoms with E-state index in [1.807, 2.05) is 6.92 Å². The molecule has 1 aliphatic rings. The summed E-state index contributed by atoms with van der Waals surface area (Å²) in [7, 11) is 0. The first-order valence-electron chi connectivity index (χ1n) is 6.08. The number of likely N-dealkylation sites (N-methyl/N-ethyl adjacent to an activating group) is 1. The standard InChI is InChI=1S/C12H23N3O/c1-4-15(5-2)7-6-14-12(16)10(3)11-8-13-9-11/h13H,4-9H2,1-3H3,(H,14,16). The maximum absolute atomic E-state index is 11.7. The summed E-state index contributed by atoms with van der Waals surface area (Å²) in [5.74, 6) is 0.0867. The summed E-state index contributed by atoms with van der Waals surface area (Å²) in [6.07, 6.45) is 0. The van der Waals surface area contributed by atoms with Crippen molar-refractivity contribution >= 4 is 5.91 Å². The van der Waals surface area contributed by atoms with Gasteiger partial charge in [-0.1, -0.05) is 13.8 Å². The molecule has 0 atom stereocenters. The predicted molar refractivity (Wildman–Crippen MR) is 66.4 cm³/mol. The number of nitrogens with zero attached hydrogens (tertiary/aromatic N) is 1. The number of carbonyl (C=O) groups is 1. The highest BCUT2D eigenvalue weighted by Crippen LogP contribution is 2.08. The van der Waals surface area contributed by atoms with E-state index in [0.29, 0.717) is 0 Å². The average molecular weight is 225 g/mol. The van der Waals surface area contributed by atoms with Crippen LogP contribution in [0.4, 0.5) is 0 Å². The Bertz CT molecular complexity index is 263. The summed E-state index contributed by atoms with van der Waals surface area (Å²) >= 11 is 0. The maximum atomic E-state index is 11.7. The second kappa shape index (κ2) is 6.66. The molecule has 0 aromatic heterocycles. The smallest absolute Gasteiger partial charge is 0.247 e. The monoisotopic (exact) mass is 225 g/mol. The summed E-state index contributed by atoms with van der Waals surface area (Å²) in [6, 6.07) is 0. The minimum atomic E-state index is 0.0867. The molecule has 1 aliphatic heterocycles. The summed E-state index contributed by atoms with van der Waals surface area (Å²) < 4.78 is 0. The zero-order chi connectivity index (χ0) is 12.0. The summed E-state index contributed by atoms with van der Waals surface area (Å²) in [4.78, 5) is 14.0. The van der Waals surface area contributed by atoms with Gasteiger partial charge in [0, 0.05) is 31.8 Å². The van der Waals surface area contributed by atoms with E-state index in [9.17, 15) is 4.79 Å². The van der Waals surface area contributed by atoms with Gasteiger partial charge in [-0.15, -0.1) is 0 Å². The molecule has 0 aliphatic carbocycles. The summed E-state index contributed by atoms with van der Waals surface area (Å²) in [6.45, 7) is 11.7. The minimum absolute atomic E-state index is 0.0867. The van der Waals surface area contributed by atoms with Gasteiger partial charge in [0.05, 0.1) is 0 Å². The first-order valence-corrected chi connectivity index (χ1v) is 6.08. The van der Waals surface area contributed by atoms with Crippen LogP contribution in [0, 0.1) is 0 Å². The number of carbonyl (C=O) groups excluding carboxylic acids is 1. The van der Waals surface area contributed by atoms with Gasteiger partial charge in [-0.3, -0.25) is 4.79 Å². The van der Waals surface area contributed by atoms with Crippen molar-refractivity contribution in [2.75, 3.05) is 39.3 Å². The third-order valence-corrected chi connectivity index (χ3v) is 3.16. The van der Waals surface area contributed by atoms with Gasteiger partial charge >= 0.3 is 0 Å². The molecule has 2 N–H and O–H groups in total. The molecule has 1 saturated heterocycles. The molecule has 1 rings (SSSR count).